The van der Waals surface area contributed by atoms with Gasteiger partial charge in [0.1, 0.15) is 0 Å². The van der Waals surface area contributed by atoms with E-state index in [1.807, 2.05) is 6.26 Å². The number of rotatable bonds is 5. The molecule has 1 aromatic carbocycles. The summed E-state index contributed by atoms with van der Waals surface area (Å²) in [5.41, 5.74) is 3.59. The Hall–Kier alpha value is -2.54. The lowest BCUT2D eigenvalue weighted by atomic mass is 10.1. The summed E-state index contributed by atoms with van der Waals surface area (Å²) in [6.07, 6.45) is 2.33. The minimum absolute atomic E-state index is 0.296. The number of fused-ring (bicyclic) bond motifs is 1. The molecule has 25 heavy (non-hydrogen) atoms. The first-order valence-corrected chi connectivity index (χ1v) is 8.41. The van der Waals surface area contributed by atoms with Crippen LogP contribution in [0, 0.1) is 0 Å². The number of para-hydroxylation sites is 1. The van der Waals surface area contributed by atoms with Crippen molar-refractivity contribution in [1.82, 2.24) is 5.32 Å². The van der Waals surface area contributed by atoms with E-state index in [1.165, 1.54) is 16.6 Å². The first kappa shape index (κ1) is 18.8. The summed E-state index contributed by atoms with van der Waals surface area (Å²) in [5, 5.41) is 20.4. The van der Waals surface area contributed by atoms with E-state index in [0.29, 0.717) is 0 Å². The number of anilines is 1. The summed E-state index contributed by atoms with van der Waals surface area (Å²) in [7, 11) is 0. The third kappa shape index (κ3) is 5.22. The average Bonchev–Trinajstić information content (AvgIpc) is 3.04. The molecule has 0 saturated carbocycles. The highest BCUT2D eigenvalue weighted by molar-refractivity contribution is 5.92. The van der Waals surface area contributed by atoms with Crippen LogP contribution in [-0.2, 0) is 16.0 Å². The van der Waals surface area contributed by atoms with E-state index in [2.05, 4.69) is 35.3 Å². The maximum atomic E-state index is 9.64. The van der Waals surface area contributed by atoms with Crippen molar-refractivity contribution in [3.8, 4) is 0 Å². The monoisotopic (exact) mass is 348 g/mol. The molecule has 1 aromatic heterocycles. The molecule has 1 saturated heterocycles. The molecule has 0 bridgehead atoms. The van der Waals surface area contributed by atoms with Gasteiger partial charge in [0.25, 0.3) is 0 Å². The lowest BCUT2D eigenvalue weighted by Crippen LogP contribution is -2.43. The number of hydrogen-bond acceptors (Lipinski definition) is 5. The number of nitrogens with zero attached hydrogens (tertiary/aromatic N) is 1. The molecule has 1 aliphatic rings. The van der Waals surface area contributed by atoms with Gasteiger partial charge in [-0.3, -0.25) is 9.59 Å². The second kappa shape index (κ2) is 9.08. The number of piperazine rings is 1. The maximum Gasteiger partial charge on any atom is 0.303 e. The molecule has 0 radical (unpaired) electrons. The van der Waals surface area contributed by atoms with Gasteiger partial charge in [-0.2, -0.15) is 0 Å². The lowest BCUT2D eigenvalue weighted by molar-refractivity contribution is -0.143. The van der Waals surface area contributed by atoms with E-state index in [-0.39, 0.29) is 12.8 Å². The number of nitrogens with one attached hydrogen (secondary N) is 1. The van der Waals surface area contributed by atoms with Crippen LogP contribution in [0.2, 0.25) is 0 Å². The Morgan fingerprint density at radius 2 is 1.80 bits per heavy atom. The van der Waals surface area contributed by atoms with Gasteiger partial charge in [-0.15, -0.1) is 0 Å². The zero-order valence-electron chi connectivity index (χ0n) is 14.3. The van der Waals surface area contributed by atoms with Gasteiger partial charge < -0.3 is 24.8 Å². The van der Waals surface area contributed by atoms with E-state index in [4.69, 9.17) is 14.6 Å². The Morgan fingerprint density at radius 3 is 2.36 bits per heavy atom. The highest BCUT2D eigenvalue weighted by Crippen LogP contribution is 2.30. The van der Waals surface area contributed by atoms with E-state index in [9.17, 15) is 9.59 Å². The van der Waals surface area contributed by atoms with Gasteiger partial charge in [-0.1, -0.05) is 19.1 Å². The number of aryl methyl sites for hydroxylation is 1. The fraction of sp³-hybridized carbons (Fsp3) is 0.444. The normalized spacial score (nSPS) is 14.0. The predicted molar refractivity (Wildman–Crippen MR) is 95.2 cm³/mol. The zero-order chi connectivity index (χ0) is 18.2. The van der Waals surface area contributed by atoms with Crippen LogP contribution in [0.15, 0.2) is 28.9 Å². The second-order valence-electron chi connectivity index (χ2n) is 5.79. The summed E-state index contributed by atoms with van der Waals surface area (Å²) < 4.78 is 5.76. The van der Waals surface area contributed by atoms with Crippen molar-refractivity contribution in [2.45, 2.75) is 26.2 Å². The van der Waals surface area contributed by atoms with Crippen molar-refractivity contribution in [2.24, 2.45) is 0 Å². The number of hydrogen-bond donors (Lipinski definition) is 3. The lowest BCUT2D eigenvalue weighted by Gasteiger charge is -2.29. The maximum absolute atomic E-state index is 9.64. The van der Waals surface area contributed by atoms with Crippen molar-refractivity contribution in [2.75, 3.05) is 31.1 Å². The molecular formula is C18H24N2O5. The van der Waals surface area contributed by atoms with Crippen LogP contribution in [0.25, 0.3) is 11.0 Å². The number of furan rings is 1. The van der Waals surface area contributed by atoms with Crippen LogP contribution in [0.3, 0.4) is 0 Å². The molecule has 0 spiro atoms. The Labute approximate surface area is 146 Å². The molecule has 2 aromatic rings. The quantitative estimate of drug-likeness (QED) is 0.762. The molecule has 0 amide bonds. The summed E-state index contributed by atoms with van der Waals surface area (Å²) in [6, 6.07) is 6.45. The summed E-state index contributed by atoms with van der Waals surface area (Å²) in [4.78, 5) is 21.7. The minimum atomic E-state index is -1.08. The highest BCUT2D eigenvalue weighted by Gasteiger charge is 2.16. The molecule has 3 N–H and O–H groups in total. The van der Waals surface area contributed by atoms with Gasteiger partial charge >= 0.3 is 11.9 Å². The van der Waals surface area contributed by atoms with Gasteiger partial charge in [-0.25, -0.2) is 0 Å². The fourth-order valence-corrected chi connectivity index (χ4v) is 2.74. The third-order valence-electron chi connectivity index (χ3n) is 4.05. The number of carbonyl (C=O) groups is 2. The predicted octanol–water partition coefficient (Wildman–Crippen LogP) is 2.34. The van der Waals surface area contributed by atoms with Crippen LogP contribution in [-0.4, -0.2) is 48.3 Å². The van der Waals surface area contributed by atoms with Crippen LogP contribution < -0.4 is 10.2 Å². The summed E-state index contributed by atoms with van der Waals surface area (Å²) in [5.74, 6) is -2.15. The van der Waals surface area contributed by atoms with Crippen LogP contribution >= 0.6 is 0 Å². The van der Waals surface area contributed by atoms with E-state index in [1.54, 1.807) is 0 Å². The number of carboxylic acid groups (broad SMARTS) is 2. The van der Waals surface area contributed by atoms with Gasteiger partial charge in [0, 0.05) is 31.6 Å². The van der Waals surface area contributed by atoms with E-state index in [0.717, 1.165) is 38.2 Å². The van der Waals surface area contributed by atoms with Crippen LogP contribution in [0.5, 0.6) is 0 Å². The Kier molecular flexibility index (Phi) is 6.82. The highest BCUT2D eigenvalue weighted by atomic mass is 16.4. The molecular weight excluding hydrogens is 324 g/mol. The van der Waals surface area contributed by atoms with Crippen molar-refractivity contribution < 1.29 is 24.2 Å². The topological polar surface area (TPSA) is 103 Å². The molecule has 1 fully saturated rings. The first-order valence-electron chi connectivity index (χ1n) is 8.41. The van der Waals surface area contributed by atoms with Crippen molar-refractivity contribution in [3.63, 3.8) is 0 Å². The Morgan fingerprint density at radius 1 is 1.16 bits per heavy atom. The van der Waals surface area contributed by atoms with Crippen molar-refractivity contribution in [1.29, 1.82) is 0 Å². The van der Waals surface area contributed by atoms with Gasteiger partial charge in [0.05, 0.1) is 24.8 Å². The third-order valence-corrected chi connectivity index (χ3v) is 4.05. The number of benzene rings is 1. The van der Waals surface area contributed by atoms with Crippen molar-refractivity contribution >= 4 is 28.6 Å². The number of carboxylic acids is 2. The molecule has 2 heterocycles. The standard InChI is InChI=1S/C14H18N2O.C4H6O4/c1-2-11-10-17-14-12(11)4-3-5-13(14)16-8-6-15-7-9-16;5-3(6)1-2-4(7)8/h3-5,10,15H,2,6-9H2,1H3;1-2H2,(H,5,6)(H,7,8). The molecule has 1 aliphatic heterocycles. The molecule has 0 atom stereocenters. The van der Waals surface area contributed by atoms with Crippen LogP contribution in [0.1, 0.15) is 25.3 Å². The van der Waals surface area contributed by atoms with Gasteiger partial charge in [0.2, 0.25) is 0 Å². The summed E-state index contributed by atoms with van der Waals surface area (Å²) in [6.45, 7) is 6.39. The van der Waals surface area contributed by atoms with E-state index < -0.39 is 11.9 Å². The SMILES string of the molecule is CCc1coc2c(N3CCNCC3)cccc12.O=C(O)CCC(=O)O. The smallest absolute Gasteiger partial charge is 0.303 e. The van der Waals surface area contributed by atoms with E-state index >= 15 is 0 Å². The largest absolute Gasteiger partial charge is 0.481 e. The zero-order valence-corrected chi connectivity index (χ0v) is 14.3. The van der Waals surface area contributed by atoms with Crippen molar-refractivity contribution in [3.05, 3.63) is 30.0 Å². The number of aliphatic carboxylic acids is 2. The molecule has 0 unspecified atom stereocenters. The van der Waals surface area contributed by atoms with Gasteiger partial charge in [0.15, 0.2) is 5.58 Å². The van der Waals surface area contributed by atoms with Crippen LogP contribution in [0.4, 0.5) is 5.69 Å². The first-order chi connectivity index (χ1) is 12.0. The fourth-order valence-electron chi connectivity index (χ4n) is 2.74. The minimum Gasteiger partial charge on any atom is -0.481 e. The Balaban J connectivity index is 0.000000242. The molecule has 136 valence electrons. The summed E-state index contributed by atoms with van der Waals surface area (Å²) >= 11 is 0. The molecule has 7 nitrogen and oxygen atoms in total. The molecule has 7 heteroatoms. The average molecular weight is 348 g/mol. The Bertz CT molecular complexity index is 705. The van der Waals surface area contributed by atoms with Gasteiger partial charge in [-0.05, 0) is 18.1 Å². The molecule has 3 rings (SSSR count). The molecule has 0 aliphatic carbocycles. The second-order valence-corrected chi connectivity index (χ2v) is 5.79.